The van der Waals surface area contributed by atoms with Crippen molar-refractivity contribution in [1.29, 1.82) is 0 Å². The number of nitro groups is 1. The molecule has 2 aromatic carbocycles. The SMILES string of the molecule is CN(C)c1ccc([N+](=O)[O-])cc1C(=O)Nc1ccc(C(=O)Nc2nccs2)cc1. The second-order valence-corrected chi connectivity index (χ2v) is 7.07. The van der Waals surface area contributed by atoms with Gasteiger partial charge in [-0.1, -0.05) is 0 Å². The van der Waals surface area contributed by atoms with E-state index in [1.54, 1.807) is 54.8 Å². The predicted molar refractivity (Wildman–Crippen MR) is 112 cm³/mol. The van der Waals surface area contributed by atoms with Gasteiger partial charge in [-0.15, -0.1) is 11.3 Å². The van der Waals surface area contributed by atoms with Crippen molar-refractivity contribution in [3.05, 3.63) is 75.3 Å². The van der Waals surface area contributed by atoms with Gasteiger partial charge in [-0.2, -0.15) is 0 Å². The average Bonchev–Trinajstić information content (AvgIpc) is 3.20. The van der Waals surface area contributed by atoms with Gasteiger partial charge in [-0.3, -0.25) is 25.0 Å². The number of benzene rings is 2. The zero-order chi connectivity index (χ0) is 21.0. The van der Waals surface area contributed by atoms with Crippen LogP contribution in [0, 0.1) is 10.1 Å². The van der Waals surface area contributed by atoms with Gasteiger partial charge in [0.1, 0.15) is 0 Å². The molecule has 0 bridgehead atoms. The summed E-state index contributed by atoms with van der Waals surface area (Å²) < 4.78 is 0. The summed E-state index contributed by atoms with van der Waals surface area (Å²) in [6.45, 7) is 0. The van der Waals surface area contributed by atoms with Crippen LogP contribution in [-0.2, 0) is 0 Å². The summed E-state index contributed by atoms with van der Waals surface area (Å²) in [7, 11) is 3.49. The molecule has 0 atom stereocenters. The van der Waals surface area contributed by atoms with Gasteiger partial charge in [0.25, 0.3) is 17.5 Å². The Morgan fingerprint density at radius 3 is 2.38 bits per heavy atom. The van der Waals surface area contributed by atoms with Crippen molar-refractivity contribution in [1.82, 2.24) is 4.98 Å². The highest BCUT2D eigenvalue weighted by Gasteiger charge is 2.18. The molecule has 0 spiro atoms. The Bertz CT molecular complexity index is 1050. The number of nitro benzene ring substituents is 1. The second-order valence-electron chi connectivity index (χ2n) is 6.18. The van der Waals surface area contributed by atoms with Crippen LogP contribution in [0.3, 0.4) is 0 Å². The number of aromatic nitrogens is 1. The minimum absolute atomic E-state index is 0.171. The van der Waals surface area contributed by atoms with Crippen LogP contribution in [0.25, 0.3) is 0 Å². The molecular formula is C19H17N5O4S. The Kier molecular flexibility index (Phi) is 5.84. The molecule has 148 valence electrons. The highest BCUT2D eigenvalue weighted by molar-refractivity contribution is 7.13. The zero-order valence-corrected chi connectivity index (χ0v) is 16.4. The third-order valence-electron chi connectivity index (χ3n) is 3.98. The molecule has 9 nitrogen and oxygen atoms in total. The number of rotatable bonds is 6. The molecule has 0 radical (unpaired) electrons. The molecule has 1 heterocycles. The first-order valence-corrected chi connectivity index (χ1v) is 9.31. The first-order valence-electron chi connectivity index (χ1n) is 8.43. The van der Waals surface area contributed by atoms with Crippen LogP contribution in [0.2, 0.25) is 0 Å². The summed E-state index contributed by atoms with van der Waals surface area (Å²) >= 11 is 1.31. The lowest BCUT2D eigenvalue weighted by Crippen LogP contribution is -2.19. The maximum Gasteiger partial charge on any atom is 0.270 e. The van der Waals surface area contributed by atoms with Gasteiger partial charge >= 0.3 is 0 Å². The summed E-state index contributed by atoms with van der Waals surface area (Å²) in [5.74, 6) is -0.802. The third kappa shape index (κ3) is 4.74. The number of thiazole rings is 1. The average molecular weight is 411 g/mol. The van der Waals surface area contributed by atoms with Crippen LogP contribution in [0.1, 0.15) is 20.7 Å². The fraction of sp³-hybridized carbons (Fsp3) is 0.105. The number of hydrogen-bond donors (Lipinski definition) is 2. The van der Waals surface area contributed by atoms with Gasteiger partial charge in [-0.05, 0) is 30.3 Å². The van der Waals surface area contributed by atoms with Crippen LogP contribution in [0.5, 0.6) is 0 Å². The van der Waals surface area contributed by atoms with Gasteiger partial charge in [0.05, 0.1) is 10.5 Å². The van der Waals surface area contributed by atoms with Crippen molar-refractivity contribution in [2.45, 2.75) is 0 Å². The first kappa shape index (κ1) is 20.0. The van der Waals surface area contributed by atoms with Crippen LogP contribution in [0.15, 0.2) is 54.0 Å². The lowest BCUT2D eigenvalue weighted by molar-refractivity contribution is -0.384. The second kappa shape index (κ2) is 8.48. The topological polar surface area (TPSA) is 117 Å². The maximum atomic E-state index is 12.7. The van der Waals surface area contributed by atoms with E-state index in [2.05, 4.69) is 15.6 Å². The predicted octanol–water partition coefficient (Wildman–Crippen LogP) is 3.62. The molecule has 0 aliphatic carbocycles. The molecule has 1 aromatic heterocycles. The largest absolute Gasteiger partial charge is 0.377 e. The molecule has 3 aromatic rings. The summed E-state index contributed by atoms with van der Waals surface area (Å²) in [5, 5.41) is 18.7. The fourth-order valence-corrected chi connectivity index (χ4v) is 3.09. The fourth-order valence-electron chi connectivity index (χ4n) is 2.57. The molecule has 10 heteroatoms. The van der Waals surface area contributed by atoms with Crippen LogP contribution >= 0.6 is 11.3 Å². The highest BCUT2D eigenvalue weighted by Crippen LogP contribution is 2.25. The van der Waals surface area contributed by atoms with E-state index >= 15 is 0 Å². The van der Waals surface area contributed by atoms with Crippen molar-refractivity contribution in [2.75, 3.05) is 29.6 Å². The summed E-state index contributed by atoms with van der Waals surface area (Å²) in [4.78, 5) is 41.1. The molecular weight excluding hydrogens is 394 g/mol. The van der Waals surface area contributed by atoms with Crippen LogP contribution in [0.4, 0.5) is 22.2 Å². The first-order chi connectivity index (χ1) is 13.8. The number of non-ortho nitro benzene ring substituents is 1. The standard InChI is InChI=1S/C19H17N5O4S/c1-23(2)16-8-7-14(24(27)28)11-15(16)18(26)21-13-5-3-12(4-6-13)17(25)22-19-20-9-10-29-19/h3-11H,1-2H3,(H,21,26)(H,20,22,25). The van der Waals surface area contributed by atoms with Crippen molar-refractivity contribution >= 4 is 45.3 Å². The van der Waals surface area contributed by atoms with E-state index in [9.17, 15) is 19.7 Å². The van der Waals surface area contributed by atoms with Crippen LogP contribution < -0.4 is 15.5 Å². The van der Waals surface area contributed by atoms with E-state index < -0.39 is 10.8 Å². The van der Waals surface area contributed by atoms with Gasteiger partial charge in [-0.25, -0.2) is 4.98 Å². The highest BCUT2D eigenvalue weighted by atomic mass is 32.1. The molecule has 3 rings (SSSR count). The van der Waals surface area contributed by atoms with Gasteiger partial charge < -0.3 is 10.2 Å². The van der Waals surface area contributed by atoms with Gasteiger partial charge in [0.2, 0.25) is 0 Å². The minimum atomic E-state index is -0.550. The Hall–Kier alpha value is -3.79. The van der Waals surface area contributed by atoms with Gasteiger partial charge in [0, 0.05) is 54.7 Å². The summed E-state index contributed by atoms with van der Waals surface area (Å²) in [6.07, 6.45) is 1.59. The number of nitrogens with zero attached hydrogens (tertiary/aromatic N) is 3. The molecule has 0 fully saturated rings. The van der Waals surface area contributed by atoms with Crippen molar-refractivity contribution in [2.24, 2.45) is 0 Å². The lowest BCUT2D eigenvalue weighted by atomic mass is 10.1. The molecule has 0 aliphatic rings. The normalized spacial score (nSPS) is 10.3. The van der Waals surface area contributed by atoms with E-state index in [0.717, 1.165) is 0 Å². The number of carbonyl (C=O) groups excluding carboxylic acids is 2. The Labute approximate surface area is 170 Å². The summed E-state index contributed by atoms with van der Waals surface area (Å²) in [5.41, 5.74) is 1.41. The van der Waals surface area contributed by atoms with E-state index in [1.807, 2.05) is 0 Å². The van der Waals surface area contributed by atoms with Crippen molar-refractivity contribution in [3.63, 3.8) is 0 Å². The van der Waals surface area contributed by atoms with E-state index in [-0.39, 0.29) is 17.2 Å². The number of carbonyl (C=O) groups is 2. The molecule has 0 unspecified atom stereocenters. The van der Waals surface area contributed by atoms with E-state index in [0.29, 0.717) is 22.1 Å². The molecule has 0 aliphatic heterocycles. The Morgan fingerprint density at radius 1 is 1.07 bits per heavy atom. The number of hydrogen-bond acceptors (Lipinski definition) is 7. The van der Waals surface area contributed by atoms with E-state index in [4.69, 9.17) is 0 Å². The molecule has 2 N–H and O–H groups in total. The van der Waals surface area contributed by atoms with Crippen molar-refractivity contribution < 1.29 is 14.5 Å². The smallest absolute Gasteiger partial charge is 0.270 e. The molecule has 0 saturated carbocycles. The zero-order valence-electron chi connectivity index (χ0n) is 15.6. The Morgan fingerprint density at radius 2 is 1.79 bits per heavy atom. The van der Waals surface area contributed by atoms with Crippen LogP contribution in [-0.4, -0.2) is 35.8 Å². The quantitative estimate of drug-likeness (QED) is 0.472. The molecule has 29 heavy (non-hydrogen) atoms. The van der Waals surface area contributed by atoms with Crippen molar-refractivity contribution in [3.8, 4) is 0 Å². The monoisotopic (exact) mass is 411 g/mol. The minimum Gasteiger partial charge on any atom is -0.377 e. The molecule has 0 saturated heterocycles. The lowest BCUT2D eigenvalue weighted by Gasteiger charge is -2.17. The number of amides is 2. The van der Waals surface area contributed by atoms with Gasteiger partial charge in [0.15, 0.2) is 5.13 Å². The summed E-state index contributed by atoms with van der Waals surface area (Å²) in [6, 6.07) is 10.4. The third-order valence-corrected chi connectivity index (χ3v) is 4.66. The Balaban J connectivity index is 1.76. The number of nitrogens with one attached hydrogen (secondary N) is 2. The van der Waals surface area contributed by atoms with E-state index in [1.165, 1.54) is 29.5 Å². The number of anilines is 3. The molecule has 2 amide bonds. The maximum absolute atomic E-state index is 12.7.